The molecule has 2 amide bonds. The number of carbonyl (C=O) groups excluding carboxylic acids is 3. The Hall–Kier alpha value is -3.59. The first kappa shape index (κ1) is 26.5. The lowest BCUT2D eigenvalue weighted by Crippen LogP contribution is -2.58. The van der Waals surface area contributed by atoms with Crippen LogP contribution in [0.3, 0.4) is 0 Å². The maximum absolute atomic E-state index is 13.2. The molecule has 0 spiro atoms. The molecular formula is C28H33N3O6. The van der Waals surface area contributed by atoms with Gasteiger partial charge in [-0.3, -0.25) is 14.6 Å². The Labute approximate surface area is 216 Å². The highest BCUT2D eigenvalue weighted by Crippen LogP contribution is 2.24. The van der Waals surface area contributed by atoms with Crippen LogP contribution in [0.2, 0.25) is 0 Å². The third kappa shape index (κ3) is 7.69. The quantitative estimate of drug-likeness (QED) is 0.370. The van der Waals surface area contributed by atoms with Crippen LogP contribution in [0.5, 0.6) is 0 Å². The molecule has 0 bridgehead atoms. The summed E-state index contributed by atoms with van der Waals surface area (Å²) in [6, 6.07) is 16.5. The van der Waals surface area contributed by atoms with E-state index in [1.54, 1.807) is 0 Å². The first-order chi connectivity index (χ1) is 18.0. The van der Waals surface area contributed by atoms with Crippen molar-refractivity contribution in [2.75, 3.05) is 19.6 Å². The van der Waals surface area contributed by atoms with Gasteiger partial charge in [0.05, 0.1) is 0 Å². The summed E-state index contributed by atoms with van der Waals surface area (Å²) < 4.78 is 11.3. The van der Waals surface area contributed by atoms with E-state index in [1.165, 1.54) is 4.90 Å². The van der Waals surface area contributed by atoms with Gasteiger partial charge in [-0.05, 0) is 48.8 Å². The van der Waals surface area contributed by atoms with E-state index in [0.717, 1.165) is 42.4 Å². The molecule has 2 aromatic carbocycles. The van der Waals surface area contributed by atoms with Gasteiger partial charge in [0.15, 0.2) is 0 Å². The summed E-state index contributed by atoms with van der Waals surface area (Å²) in [6.07, 6.45) is 3.78. The molecule has 9 heteroatoms. The van der Waals surface area contributed by atoms with E-state index >= 15 is 0 Å². The van der Waals surface area contributed by atoms with E-state index in [2.05, 4.69) is 10.1 Å². The van der Waals surface area contributed by atoms with Crippen molar-refractivity contribution in [3.05, 3.63) is 76.2 Å². The lowest BCUT2D eigenvalue weighted by Gasteiger charge is -2.39. The van der Waals surface area contributed by atoms with Crippen molar-refractivity contribution in [2.45, 2.75) is 63.8 Å². The molecule has 1 aliphatic carbocycles. The van der Waals surface area contributed by atoms with Gasteiger partial charge in [-0.1, -0.05) is 54.6 Å². The number of hydrogen-bond donors (Lipinski definition) is 0. The van der Waals surface area contributed by atoms with Crippen LogP contribution in [0.15, 0.2) is 59.8 Å². The minimum Gasteiger partial charge on any atom is -0.461 e. The predicted molar refractivity (Wildman–Crippen MR) is 136 cm³/mol. The van der Waals surface area contributed by atoms with Gasteiger partial charge in [-0.15, -0.1) is 4.91 Å². The molecule has 2 aliphatic rings. The summed E-state index contributed by atoms with van der Waals surface area (Å²) in [4.78, 5) is 51.2. The number of benzene rings is 2. The first-order valence-electron chi connectivity index (χ1n) is 12.9. The first-order valence-corrected chi connectivity index (χ1v) is 12.9. The van der Waals surface area contributed by atoms with Crippen LogP contribution < -0.4 is 0 Å². The molecule has 196 valence electrons. The van der Waals surface area contributed by atoms with Gasteiger partial charge in [0.1, 0.15) is 18.8 Å². The second-order valence-corrected chi connectivity index (χ2v) is 9.63. The zero-order valence-electron chi connectivity index (χ0n) is 20.9. The van der Waals surface area contributed by atoms with Crippen LogP contribution in [0.4, 0.5) is 4.79 Å². The Bertz CT molecular complexity index is 1070. The van der Waals surface area contributed by atoms with E-state index in [1.807, 2.05) is 54.6 Å². The monoisotopic (exact) mass is 507 g/mol. The molecule has 0 aromatic heterocycles. The van der Waals surface area contributed by atoms with Crippen LogP contribution in [0.25, 0.3) is 0 Å². The van der Waals surface area contributed by atoms with Gasteiger partial charge in [0.2, 0.25) is 0 Å². The number of ether oxygens (including phenoxy) is 2. The van der Waals surface area contributed by atoms with Crippen LogP contribution >= 0.6 is 0 Å². The number of carbonyl (C=O) groups is 3. The molecule has 1 heterocycles. The fraction of sp³-hybridized carbons (Fsp3) is 0.464. The molecule has 1 saturated carbocycles. The predicted octanol–water partition coefficient (Wildman–Crippen LogP) is 4.22. The van der Waals surface area contributed by atoms with Gasteiger partial charge in [0.25, 0.3) is 5.91 Å². The SMILES string of the molecule is O=NC(=O)CCc1ccc(CN2CCN(C(=O)OCc3ccccc3)C(C(=O)OC3CCCC3)C2)cc1. The van der Waals surface area contributed by atoms with Crippen LogP contribution in [-0.2, 0) is 38.6 Å². The average Bonchev–Trinajstić information content (AvgIpc) is 3.44. The number of nitrogens with zero attached hydrogens (tertiary/aromatic N) is 3. The largest absolute Gasteiger partial charge is 0.461 e. The minimum atomic E-state index is -0.737. The summed E-state index contributed by atoms with van der Waals surface area (Å²) in [5.74, 6) is -1.03. The molecule has 0 radical (unpaired) electrons. The zero-order chi connectivity index (χ0) is 26.0. The van der Waals surface area contributed by atoms with Crippen molar-refractivity contribution in [2.24, 2.45) is 5.18 Å². The summed E-state index contributed by atoms with van der Waals surface area (Å²) >= 11 is 0. The van der Waals surface area contributed by atoms with Crippen molar-refractivity contribution < 1.29 is 23.9 Å². The highest BCUT2D eigenvalue weighted by atomic mass is 16.6. The number of esters is 1. The second kappa shape index (κ2) is 13.1. The Morgan fingerprint density at radius 2 is 1.59 bits per heavy atom. The lowest BCUT2D eigenvalue weighted by molar-refractivity contribution is -0.157. The third-order valence-corrected chi connectivity index (χ3v) is 6.92. The van der Waals surface area contributed by atoms with Crippen molar-refractivity contribution >= 4 is 18.0 Å². The molecule has 4 rings (SSSR count). The van der Waals surface area contributed by atoms with E-state index in [0.29, 0.717) is 32.6 Å². The Morgan fingerprint density at radius 1 is 0.892 bits per heavy atom. The lowest BCUT2D eigenvalue weighted by atomic mass is 10.1. The number of rotatable bonds is 9. The molecule has 0 N–H and O–H groups in total. The van der Waals surface area contributed by atoms with Gasteiger partial charge < -0.3 is 9.47 Å². The molecule has 2 aromatic rings. The normalized spacial score (nSPS) is 18.4. The van der Waals surface area contributed by atoms with Gasteiger partial charge in [0, 0.05) is 37.8 Å². The van der Waals surface area contributed by atoms with E-state index in [4.69, 9.17) is 9.47 Å². The summed E-state index contributed by atoms with van der Waals surface area (Å²) in [5.41, 5.74) is 2.88. The van der Waals surface area contributed by atoms with Gasteiger partial charge in [-0.25, -0.2) is 9.59 Å². The number of amides is 2. The molecule has 1 saturated heterocycles. The van der Waals surface area contributed by atoms with Gasteiger partial charge in [-0.2, -0.15) is 0 Å². The smallest absolute Gasteiger partial charge is 0.410 e. The average molecular weight is 508 g/mol. The fourth-order valence-corrected chi connectivity index (χ4v) is 4.82. The van der Waals surface area contributed by atoms with E-state index in [-0.39, 0.29) is 25.1 Å². The van der Waals surface area contributed by atoms with Crippen LogP contribution in [-0.4, -0.2) is 59.5 Å². The standard InChI is InChI=1S/C28H33N3O6/c32-26(29-35)15-14-21-10-12-22(13-11-21)18-30-16-17-31(28(34)36-20-23-6-2-1-3-7-23)25(19-30)27(33)37-24-8-4-5-9-24/h1-3,6-7,10-13,24-25H,4-5,8-9,14-20H2. The summed E-state index contributed by atoms with van der Waals surface area (Å²) in [6.45, 7) is 2.06. The van der Waals surface area contributed by atoms with E-state index < -0.39 is 18.0 Å². The van der Waals surface area contributed by atoms with Crippen LogP contribution in [0, 0.1) is 4.91 Å². The molecular weight excluding hydrogens is 474 g/mol. The molecule has 37 heavy (non-hydrogen) atoms. The Kier molecular flexibility index (Phi) is 9.37. The number of nitroso groups, excluding NO2 is 1. The topological polar surface area (TPSA) is 106 Å². The minimum absolute atomic E-state index is 0.0843. The molecule has 1 aliphatic heterocycles. The van der Waals surface area contributed by atoms with Crippen molar-refractivity contribution in [1.29, 1.82) is 0 Å². The highest BCUT2D eigenvalue weighted by molar-refractivity contribution is 5.82. The van der Waals surface area contributed by atoms with Crippen molar-refractivity contribution in [1.82, 2.24) is 9.80 Å². The Balaban J connectivity index is 1.38. The fourth-order valence-electron chi connectivity index (χ4n) is 4.82. The highest BCUT2D eigenvalue weighted by Gasteiger charge is 2.38. The summed E-state index contributed by atoms with van der Waals surface area (Å²) in [7, 11) is 0. The number of piperazine rings is 1. The zero-order valence-corrected chi connectivity index (χ0v) is 20.9. The Morgan fingerprint density at radius 3 is 2.30 bits per heavy atom. The molecule has 1 unspecified atom stereocenters. The maximum atomic E-state index is 13.2. The number of aryl methyl sites for hydroxylation is 1. The van der Waals surface area contributed by atoms with E-state index in [9.17, 15) is 19.3 Å². The summed E-state index contributed by atoms with van der Waals surface area (Å²) in [5, 5.41) is 2.43. The molecule has 9 nitrogen and oxygen atoms in total. The van der Waals surface area contributed by atoms with Crippen molar-refractivity contribution in [3.8, 4) is 0 Å². The maximum Gasteiger partial charge on any atom is 0.410 e. The van der Waals surface area contributed by atoms with Gasteiger partial charge >= 0.3 is 12.1 Å². The van der Waals surface area contributed by atoms with Crippen molar-refractivity contribution in [3.63, 3.8) is 0 Å². The molecule has 2 fully saturated rings. The molecule has 1 atom stereocenters. The number of hydrogen-bond acceptors (Lipinski definition) is 7. The second-order valence-electron chi connectivity index (χ2n) is 9.63. The third-order valence-electron chi connectivity index (χ3n) is 6.92. The van der Waals surface area contributed by atoms with Crippen LogP contribution in [0.1, 0.15) is 48.8 Å².